The van der Waals surface area contributed by atoms with E-state index in [0.717, 1.165) is 25.1 Å². The van der Waals surface area contributed by atoms with E-state index in [0.29, 0.717) is 17.2 Å². The number of methoxy groups -OCH3 is 2. The summed E-state index contributed by atoms with van der Waals surface area (Å²) in [6.07, 6.45) is 2.33. The molecule has 0 spiro atoms. The van der Waals surface area contributed by atoms with Crippen LogP contribution in [0.25, 0.3) is 0 Å². The molecule has 1 aliphatic rings. The summed E-state index contributed by atoms with van der Waals surface area (Å²) in [7, 11) is 3.24. The number of nitrogens with zero attached hydrogens (tertiary/aromatic N) is 1. The zero-order valence-corrected chi connectivity index (χ0v) is 13.1. The van der Waals surface area contributed by atoms with Gasteiger partial charge in [0.2, 0.25) is 0 Å². The fraction of sp³-hybridized carbons (Fsp3) is 0.333. The van der Waals surface area contributed by atoms with Crippen LogP contribution in [0.5, 0.6) is 11.5 Å². The molecule has 0 radical (unpaired) electrons. The Morgan fingerprint density at radius 3 is 2.73 bits per heavy atom. The van der Waals surface area contributed by atoms with Gasteiger partial charge in [0.1, 0.15) is 0 Å². The number of hydrogen-bond donors (Lipinski definition) is 1. The van der Waals surface area contributed by atoms with Gasteiger partial charge in [0, 0.05) is 18.8 Å². The van der Waals surface area contributed by atoms with Crippen LogP contribution in [0.1, 0.15) is 17.5 Å². The first-order chi connectivity index (χ1) is 10.7. The Balaban J connectivity index is 1.90. The summed E-state index contributed by atoms with van der Waals surface area (Å²) in [5.74, 6) is 1.29. The fourth-order valence-corrected chi connectivity index (χ4v) is 3.14. The molecule has 2 aromatic carbocycles. The Bertz CT molecular complexity index is 670. The van der Waals surface area contributed by atoms with Crippen molar-refractivity contribution < 1.29 is 9.47 Å². The number of rotatable bonds is 4. The van der Waals surface area contributed by atoms with Crippen molar-refractivity contribution in [2.75, 3.05) is 31.4 Å². The number of fused-ring (bicyclic) bond motifs is 1. The minimum absolute atomic E-state index is 0.602. The second kappa shape index (κ2) is 6.18. The van der Waals surface area contributed by atoms with E-state index in [2.05, 4.69) is 29.2 Å². The highest BCUT2D eigenvalue weighted by Crippen LogP contribution is 2.36. The van der Waals surface area contributed by atoms with Crippen molar-refractivity contribution in [1.82, 2.24) is 0 Å². The van der Waals surface area contributed by atoms with Crippen molar-refractivity contribution in [3.8, 4) is 11.5 Å². The molecule has 116 valence electrons. The van der Waals surface area contributed by atoms with Crippen LogP contribution < -0.4 is 20.1 Å². The van der Waals surface area contributed by atoms with Gasteiger partial charge >= 0.3 is 0 Å². The average Bonchev–Trinajstić information content (AvgIpc) is 2.54. The number of anilines is 2. The van der Waals surface area contributed by atoms with Gasteiger partial charge in [0.15, 0.2) is 11.5 Å². The minimum Gasteiger partial charge on any atom is -0.493 e. The zero-order chi connectivity index (χ0) is 15.5. The summed E-state index contributed by atoms with van der Waals surface area (Å²) >= 11 is 0. The molecular formula is C18H22N2O2. The third kappa shape index (κ3) is 2.69. The molecule has 0 aromatic heterocycles. The van der Waals surface area contributed by atoms with E-state index in [1.807, 2.05) is 12.1 Å². The predicted molar refractivity (Wildman–Crippen MR) is 89.8 cm³/mol. The lowest BCUT2D eigenvalue weighted by atomic mass is 10.0. The summed E-state index contributed by atoms with van der Waals surface area (Å²) in [5, 5.41) is 0. The largest absolute Gasteiger partial charge is 0.493 e. The standard InChI is InChI=1S/C18H22N2O2/c1-21-17-11-13(10-15(19)18(17)22-2)12-20-9-5-7-14-6-3-4-8-16(14)20/h3-4,6,8,10-11H,5,7,9,12,19H2,1-2H3. The van der Waals surface area contributed by atoms with Crippen LogP contribution in [0.3, 0.4) is 0 Å². The second-order valence-corrected chi connectivity index (χ2v) is 5.57. The molecule has 1 heterocycles. The molecule has 2 aromatic rings. The predicted octanol–water partition coefficient (Wildman–Crippen LogP) is 3.24. The molecule has 3 rings (SSSR count). The molecule has 2 N–H and O–H groups in total. The molecule has 0 unspecified atom stereocenters. The van der Waals surface area contributed by atoms with Crippen LogP contribution >= 0.6 is 0 Å². The highest BCUT2D eigenvalue weighted by atomic mass is 16.5. The molecule has 4 nitrogen and oxygen atoms in total. The molecular weight excluding hydrogens is 276 g/mol. The maximum absolute atomic E-state index is 6.08. The van der Waals surface area contributed by atoms with E-state index in [-0.39, 0.29) is 0 Å². The monoisotopic (exact) mass is 298 g/mol. The Labute approximate surface area is 131 Å². The van der Waals surface area contributed by atoms with E-state index in [1.165, 1.54) is 17.7 Å². The van der Waals surface area contributed by atoms with E-state index >= 15 is 0 Å². The van der Waals surface area contributed by atoms with Gasteiger partial charge in [-0.15, -0.1) is 0 Å². The van der Waals surface area contributed by atoms with Crippen LogP contribution in [0.2, 0.25) is 0 Å². The molecule has 0 saturated heterocycles. The normalized spacial score (nSPS) is 13.6. The zero-order valence-electron chi connectivity index (χ0n) is 13.1. The molecule has 0 aliphatic carbocycles. The van der Waals surface area contributed by atoms with Gasteiger partial charge in [-0.2, -0.15) is 0 Å². The van der Waals surface area contributed by atoms with Gasteiger partial charge in [-0.1, -0.05) is 18.2 Å². The number of nitrogen functional groups attached to an aromatic ring is 1. The molecule has 22 heavy (non-hydrogen) atoms. The number of nitrogens with two attached hydrogens (primary N) is 1. The summed E-state index contributed by atoms with van der Waals surface area (Å²) in [6.45, 7) is 1.88. The van der Waals surface area contributed by atoms with Crippen molar-refractivity contribution in [3.63, 3.8) is 0 Å². The molecule has 0 bridgehead atoms. The molecule has 0 fully saturated rings. The minimum atomic E-state index is 0.602. The SMILES string of the molecule is COc1cc(CN2CCCc3ccccc32)cc(N)c1OC. The lowest BCUT2D eigenvalue weighted by Crippen LogP contribution is -2.28. The van der Waals surface area contributed by atoms with E-state index in [1.54, 1.807) is 14.2 Å². The highest BCUT2D eigenvalue weighted by Gasteiger charge is 2.18. The third-order valence-corrected chi connectivity index (χ3v) is 4.15. The lowest BCUT2D eigenvalue weighted by molar-refractivity contribution is 0.356. The number of hydrogen-bond acceptors (Lipinski definition) is 4. The lowest BCUT2D eigenvalue weighted by Gasteiger charge is -2.31. The topological polar surface area (TPSA) is 47.7 Å². The van der Waals surface area contributed by atoms with Gasteiger partial charge in [0.05, 0.1) is 19.9 Å². The second-order valence-electron chi connectivity index (χ2n) is 5.57. The highest BCUT2D eigenvalue weighted by molar-refractivity contribution is 5.63. The molecule has 0 atom stereocenters. The van der Waals surface area contributed by atoms with Crippen LogP contribution in [0.4, 0.5) is 11.4 Å². The first kappa shape index (κ1) is 14.6. The van der Waals surface area contributed by atoms with Gasteiger partial charge in [-0.25, -0.2) is 0 Å². The summed E-state index contributed by atoms with van der Waals surface area (Å²) < 4.78 is 10.7. The van der Waals surface area contributed by atoms with Crippen molar-refractivity contribution >= 4 is 11.4 Å². The molecule has 4 heteroatoms. The van der Waals surface area contributed by atoms with Gasteiger partial charge in [-0.3, -0.25) is 0 Å². The average molecular weight is 298 g/mol. The Kier molecular flexibility index (Phi) is 4.09. The number of ether oxygens (including phenoxy) is 2. The van der Waals surface area contributed by atoms with Crippen molar-refractivity contribution in [2.24, 2.45) is 0 Å². The first-order valence-electron chi connectivity index (χ1n) is 7.56. The van der Waals surface area contributed by atoms with Crippen LogP contribution in [0.15, 0.2) is 36.4 Å². The van der Waals surface area contributed by atoms with Gasteiger partial charge in [-0.05, 0) is 42.2 Å². The molecule has 0 amide bonds. The Morgan fingerprint density at radius 1 is 1.14 bits per heavy atom. The van der Waals surface area contributed by atoms with E-state index < -0.39 is 0 Å². The van der Waals surface area contributed by atoms with Crippen molar-refractivity contribution in [1.29, 1.82) is 0 Å². The number of benzene rings is 2. The Morgan fingerprint density at radius 2 is 1.95 bits per heavy atom. The first-order valence-corrected chi connectivity index (χ1v) is 7.56. The van der Waals surface area contributed by atoms with Crippen LogP contribution in [0, 0.1) is 0 Å². The molecule has 0 saturated carbocycles. The maximum Gasteiger partial charge on any atom is 0.183 e. The number of aryl methyl sites for hydroxylation is 1. The summed E-state index contributed by atoms with van der Waals surface area (Å²) in [4.78, 5) is 2.40. The van der Waals surface area contributed by atoms with E-state index in [9.17, 15) is 0 Å². The number of para-hydroxylation sites is 1. The summed E-state index contributed by atoms with van der Waals surface area (Å²) in [5.41, 5.74) is 10.6. The smallest absolute Gasteiger partial charge is 0.183 e. The quantitative estimate of drug-likeness (QED) is 0.880. The summed E-state index contributed by atoms with van der Waals surface area (Å²) in [6, 6.07) is 12.6. The third-order valence-electron chi connectivity index (χ3n) is 4.15. The van der Waals surface area contributed by atoms with Crippen LogP contribution in [-0.4, -0.2) is 20.8 Å². The van der Waals surface area contributed by atoms with Crippen molar-refractivity contribution in [2.45, 2.75) is 19.4 Å². The van der Waals surface area contributed by atoms with Gasteiger partial charge < -0.3 is 20.1 Å². The maximum atomic E-state index is 6.08. The van der Waals surface area contributed by atoms with Crippen LogP contribution in [-0.2, 0) is 13.0 Å². The van der Waals surface area contributed by atoms with E-state index in [4.69, 9.17) is 15.2 Å². The Hall–Kier alpha value is -2.36. The molecule has 1 aliphatic heterocycles. The van der Waals surface area contributed by atoms with Gasteiger partial charge in [0.25, 0.3) is 0 Å². The van der Waals surface area contributed by atoms with Crippen molar-refractivity contribution in [3.05, 3.63) is 47.5 Å². The fourth-order valence-electron chi connectivity index (χ4n) is 3.14.